The second kappa shape index (κ2) is 13.9. The minimum atomic E-state index is -3.48. The van der Waals surface area contributed by atoms with Crippen molar-refractivity contribution in [2.24, 2.45) is 4.99 Å². The maximum absolute atomic E-state index is 12.6. The molecule has 0 aliphatic rings. The number of amidine groups is 1. The number of benzene rings is 2. The van der Waals surface area contributed by atoms with Gasteiger partial charge in [-0.05, 0) is 67.4 Å². The van der Waals surface area contributed by atoms with Crippen LogP contribution in [0.4, 0.5) is 0 Å². The third-order valence-electron chi connectivity index (χ3n) is 6.18. The number of H-pyrrole nitrogens is 1. The highest BCUT2D eigenvalue weighted by molar-refractivity contribution is 7.89. The molecule has 2 N–H and O–H groups in total. The van der Waals surface area contributed by atoms with Gasteiger partial charge in [-0.25, -0.2) is 18.1 Å². The minimum absolute atomic E-state index is 0.0700. The lowest BCUT2D eigenvalue weighted by Crippen LogP contribution is -2.32. The summed E-state index contributed by atoms with van der Waals surface area (Å²) in [5.41, 5.74) is 5.03. The van der Waals surface area contributed by atoms with Gasteiger partial charge in [0.15, 0.2) is 0 Å². The number of aromatic amines is 1. The molecule has 0 fully saturated rings. The van der Waals surface area contributed by atoms with Crippen LogP contribution in [0.1, 0.15) is 28.2 Å². The second-order valence-electron chi connectivity index (χ2n) is 9.24. The molecule has 0 bridgehead atoms. The molecule has 41 heavy (non-hydrogen) atoms. The van der Waals surface area contributed by atoms with E-state index in [1.54, 1.807) is 26.4 Å². The average Bonchev–Trinajstić information content (AvgIpc) is 2.94. The Bertz CT molecular complexity index is 1680. The molecule has 0 spiro atoms. The first-order valence-electron chi connectivity index (χ1n) is 12.5. The molecular weight excluding hydrogens is 583 g/mol. The van der Waals surface area contributed by atoms with Crippen molar-refractivity contribution in [2.45, 2.75) is 25.2 Å². The minimum Gasteiger partial charge on any atom is -0.362 e. The van der Waals surface area contributed by atoms with Crippen LogP contribution in [0.25, 0.3) is 11.1 Å². The third-order valence-corrected chi connectivity index (χ3v) is 8.36. The Kier molecular flexibility index (Phi) is 10.8. The molecule has 12 heteroatoms. The van der Waals surface area contributed by atoms with Crippen LogP contribution in [0.5, 0.6) is 0 Å². The van der Waals surface area contributed by atoms with Crippen molar-refractivity contribution >= 4 is 39.1 Å². The summed E-state index contributed by atoms with van der Waals surface area (Å²) in [4.78, 5) is 30.2. The molecule has 9 nitrogen and oxygen atoms in total. The molecule has 2 aromatic heterocycles. The lowest BCUT2D eigenvalue weighted by atomic mass is 10.0. The van der Waals surface area contributed by atoms with E-state index in [0.717, 1.165) is 16.7 Å². The lowest BCUT2D eigenvalue weighted by Gasteiger charge is -2.16. The van der Waals surface area contributed by atoms with Gasteiger partial charge < -0.3 is 9.88 Å². The van der Waals surface area contributed by atoms with Crippen LogP contribution in [0, 0.1) is 13.8 Å². The molecule has 0 aliphatic carbocycles. The van der Waals surface area contributed by atoms with Crippen molar-refractivity contribution in [1.82, 2.24) is 24.6 Å². The maximum Gasteiger partial charge on any atom is 0.262 e. The molecule has 0 atom stereocenters. The average molecular weight is 616 g/mol. The van der Waals surface area contributed by atoms with E-state index in [2.05, 4.69) is 48.9 Å². The number of aromatic nitrogens is 3. The number of pyridine rings is 1. The van der Waals surface area contributed by atoms with E-state index in [4.69, 9.17) is 23.2 Å². The Morgan fingerprint density at radius 2 is 1.56 bits per heavy atom. The highest BCUT2D eigenvalue weighted by Crippen LogP contribution is 2.27. The predicted octanol–water partition coefficient (Wildman–Crippen LogP) is 4.88. The fourth-order valence-corrected chi connectivity index (χ4v) is 5.37. The molecule has 0 aliphatic heterocycles. The molecule has 0 unspecified atom stereocenters. The largest absolute Gasteiger partial charge is 0.362 e. The highest BCUT2D eigenvalue weighted by Gasteiger charge is 2.16. The van der Waals surface area contributed by atoms with Gasteiger partial charge in [0.05, 0.1) is 10.6 Å². The number of sulfonamides is 1. The number of nitrogens with zero attached hydrogens (tertiary/aromatic N) is 4. The van der Waals surface area contributed by atoms with Crippen molar-refractivity contribution in [3.05, 3.63) is 110 Å². The normalized spacial score (nSPS) is 11.6. The molecule has 0 radical (unpaired) electrons. The number of halogens is 2. The molecule has 4 aromatic rings. The number of hydrogen-bond donors (Lipinski definition) is 2. The fourth-order valence-electron chi connectivity index (χ4n) is 3.97. The second-order valence-corrected chi connectivity index (χ2v) is 11.9. The van der Waals surface area contributed by atoms with Gasteiger partial charge in [-0.2, -0.15) is 0 Å². The first kappa shape index (κ1) is 32.0. The van der Waals surface area contributed by atoms with Gasteiger partial charge >= 0.3 is 0 Å². The van der Waals surface area contributed by atoms with Crippen LogP contribution in [-0.2, 0) is 16.4 Å². The summed E-state index contributed by atoms with van der Waals surface area (Å²) in [6.07, 6.45) is 4.13. The Balaban J connectivity index is 0.000000278. The first-order chi connectivity index (χ1) is 19.4. The Labute approximate surface area is 250 Å². The summed E-state index contributed by atoms with van der Waals surface area (Å²) in [6, 6.07) is 14.9. The summed E-state index contributed by atoms with van der Waals surface area (Å²) >= 11 is 11.6. The van der Waals surface area contributed by atoms with E-state index in [9.17, 15) is 13.2 Å². The maximum atomic E-state index is 12.6. The zero-order chi connectivity index (χ0) is 30.3. The Morgan fingerprint density at radius 3 is 2.05 bits per heavy atom. The van der Waals surface area contributed by atoms with Gasteiger partial charge in [-0.15, -0.1) is 0 Å². The van der Waals surface area contributed by atoms with Gasteiger partial charge in [0.1, 0.15) is 17.2 Å². The lowest BCUT2D eigenvalue weighted by molar-refractivity contribution is 0.588. The van der Waals surface area contributed by atoms with Crippen LogP contribution in [-0.4, -0.2) is 62.3 Å². The first-order valence-corrected chi connectivity index (χ1v) is 14.7. The highest BCUT2D eigenvalue weighted by atomic mass is 35.5. The monoisotopic (exact) mass is 614 g/mol. The van der Waals surface area contributed by atoms with E-state index in [1.807, 2.05) is 38.1 Å². The zero-order valence-corrected chi connectivity index (χ0v) is 26.0. The van der Waals surface area contributed by atoms with Crippen molar-refractivity contribution in [2.75, 3.05) is 28.2 Å². The van der Waals surface area contributed by atoms with Gasteiger partial charge in [0, 0.05) is 50.0 Å². The van der Waals surface area contributed by atoms with E-state index in [1.165, 1.54) is 19.2 Å². The smallest absolute Gasteiger partial charge is 0.262 e. The molecule has 0 saturated heterocycles. The number of hydrogen-bond acceptors (Lipinski definition) is 6. The number of nitrogens with one attached hydrogen (secondary N) is 2. The van der Waals surface area contributed by atoms with Crippen LogP contribution >= 0.6 is 23.2 Å². The summed E-state index contributed by atoms with van der Waals surface area (Å²) in [5.74, 6) is 1.27. The molecule has 2 aromatic carbocycles. The van der Waals surface area contributed by atoms with Gasteiger partial charge in [-0.1, -0.05) is 47.5 Å². The Morgan fingerprint density at radius 1 is 1.00 bits per heavy atom. The quantitative estimate of drug-likeness (QED) is 0.236. The van der Waals surface area contributed by atoms with E-state index >= 15 is 0 Å². The third kappa shape index (κ3) is 8.01. The number of aliphatic imine (C=N–C) groups is 1. The molecule has 2 heterocycles. The summed E-state index contributed by atoms with van der Waals surface area (Å²) in [6.45, 7) is 3.57. The molecule has 4 rings (SSSR count). The summed E-state index contributed by atoms with van der Waals surface area (Å²) in [5, 5.41) is 0.678. The van der Waals surface area contributed by atoms with Crippen molar-refractivity contribution in [3.63, 3.8) is 0 Å². The van der Waals surface area contributed by atoms with Crippen molar-refractivity contribution in [1.29, 1.82) is 0 Å². The summed E-state index contributed by atoms with van der Waals surface area (Å²) in [7, 11) is 3.25. The number of rotatable bonds is 6. The van der Waals surface area contributed by atoms with E-state index in [-0.39, 0.29) is 10.5 Å². The van der Waals surface area contributed by atoms with E-state index in [0.29, 0.717) is 44.9 Å². The zero-order valence-electron chi connectivity index (χ0n) is 23.7. The predicted molar refractivity (Wildman–Crippen MR) is 166 cm³/mol. The van der Waals surface area contributed by atoms with Crippen LogP contribution in [0.2, 0.25) is 10.0 Å². The standard InChI is InChI=1S/C21H23N5O.C8H9Cl2NO2S/c1-14-19(20(22-2)26(3)4)21(27)25-18(24-14)13-15-5-7-16(8-6-15)17-9-11-23-12-10-17;1-5-7(9)3-6(4-8(5)10)14(12,13)11-2/h5-12H,13H2,1-4H3,(H,24,25,27);3-4,11H,1-2H3. The van der Waals surface area contributed by atoms with Gasteiger partial charge in [0.25, 0.3) is 5.56 Å². The van der Waals surface area contributed by atoms with Crippen molar-refractivity contribution < 1.29 is 8.42 Å². The molecule has 216 valence electrons. The van der Waals surface area contributed by atoms with Crippen LogP contribution in [0.3, 0.4) is 0 Å². The van der Waals surface area contributed by atoms with Gasteiger partial charge in [-0.3, -0.25) is 14.8 Å². The number of aryl methyl sites for hydroxylation is 1. The topological polar surface area (TPSA) is 120 Å². The summed E-state index contributed by atoms with van der Waals surface area (Å²) < 4.78 is 25.0. The fraction of sp³-hybridized carbons (Fsp3) is 0.241. The van der Waals surface area contributed by atoms with E-state index < -0.39 is 10.0 Å². The SMILES string of the molecule is CN=C(c1c(C)nc(Cc2ccc(-c3ccncc3)cc2)[nH]c1=O)N(C)C.CNS(=O)(=O)c1cc(Cl)c(C)c(Cl)c1. The molecular formula is C29H32Cl2N6O3S. The molecule has 0 saturated carbocycles. The Hall–Kier alpha value is -3.57. The van der Waals surface area contributed by atoms with Crippen LogP contribution in [0.15, 0.2) is 75.6 Å². The van der Waals surface area contributed by atoms with Gasteiger partial charge in [0.2, 0.25) is 10.0 Å². The molecule has 0 amide bonds. The van der Waals surface area contributed by atoms with Crippen LogP contribution < -0.4 is 10.3 Å². The van der Waals surface area contributed by atoms with Crippen molar-refractivity contribution in [3.8, 4) is 11.1 Å².